The van der Waals surface area contributed by atoms with E-state index in [-0.39, 0.29) is 0 Å². The highest BCUT2D eigenvalue weighted by atomic mass is 32.1. The molecule has 0 bridgehead atoms. The van der Waals surface area contributed by atoms with Gasteiger partial charge in [0.15, 0.2) is 5.13 Å². The summed E-state index contributed by atoms with van der Waals surface area (Å²) in [6.45, 7) is 9.56. The molecular weight excluding hydrogens is 380 g/mol. The van der Waals surface area contributed by atoms with E-state index >= 15 is 0 Å². The normalized spacial score (nSPS) is 15.3. The van der Waals surface area contributed by atoms with E-state index in [4.69, 9.17) is 9.72 Å². The number of aromatic nitrogens is 2. The van der Waals surface area contributed by atoms with Gasteiger partial charge in [0, 0.05) is 24.8 Å². The van der Waals surface area contributed by atoms with Crippen molar-refractivity contribution in [3.63, 3.8) is 0 Å². The van der Waals surface area contributed by atoms with E-state index in [1.54, 1.807) is 18.4 Å². The van der Waals surface area contributed by atoms with Crippen molar-refractivity contribution in [3.8, 4) is 5.75 Å². The number of hydrogen-bond acceptors (Lipinski definition) is 6. The summed E-state index contributed by atoms with van der Waals surface area (Å²) < 4.78 is 6.82. The Bertz CT molecular complexity index is 976. The fourth-order valence-electron chi connectivity index (χ4n) is 4.03. The lowest BCUT2D eigenvalue weighted by atomic mass is 9.87. The lowest BCUT2D eigenvalue weighted by molar-refractivity contribution is 0.311. The summed E-state index contributed by atoms with van der Waals surface area (Å²) in [5, 5.41) is 4.61. The van der Waals surface area contributed by atoms with Gasteiger partial charge in [-0.3, -0.25) is 4.98 Å². The largest absolute Gasteiger partial charge is 0.495 e. The molecule has 5 nitrogen and oxygen atoms in total. The number of pyridine rings is 1. The van der Waals surface area contributed by atoms with Gasteiger partial charge in [0.25, 0.3) is 0 Å². The van der Waals surface area contributed by atoms with E-state index < -0.39 is 0 Å². The average Bonchev–Trinajstić information content (AvgIpc) is 3.14. The van der Waals surface area contributed by atoms with Gasteiger partial charge in [-0.25, -0.2) is 4.98 Å². The average molecular weight is 411 g/mol. The Morgan fingerprint density at radius 1 is 1.21 bits per heavy atom. The van der Waals surface area contributed by atoms with Crippen molar-refractivity contribution >= 4 is 32.4 Å². The van der Waals surface area contributed by atoms with Crippen LogP contribution in [-0.4, -0.2) is 30.2 Å². The van der Waals surface area contributed by atoms with Crippen LogP contribution < -0.4 is 15.0 Å². The molecule has 3 heterocycles. The predicted octanol–water partition coefficient (Wildman–Crippen LogP) is 5.49. The topological polar surface area (TPSA) is 50.3 Å². The third-order valence-electron chi connectivity index (χ3n) is 5.86. The molecule has 1 N–H and O–H groups in total. The van der Waals surface area contributed by atoms with Crippen LogP contribution in [0.1, 0.15) is 38.1 Å². The summed E-state index contributed by atoms with van der Waals surface area (Å²) >= 11 is 1.77. The van der Waals surface area contributed by atoms with Crippen LogP contribution in [0.3, 0.4) is 0 Å². The van der Waals surface area contributed by atoms with Gasteiger partial charge in [-0.2, -0.15) is 0 Å². The minimum Gasteiger partial charge on any atom is -0.495 e. The van der Waals surface area contributed by atoms with Gasteiger partial charge in [-0.15, -0.1) is 0 Å². The van der Waals surface area contributed by atoms with Gasteiger partial charge in [0.2, 0.25) is 0 Å². The zero-order valence-corrected chi connectivity index (χ0v) is 18.6. The first-order chi connectivity index (χ1) is 14.0. The van der Waals surface area contributed by atoms with E-state index in [1.165, 1.54) is 17.5 Å². The van der Waals surface area contributed by atoms with Crippen molar-refractivity contribution in [1.29, 1.82) is 0 Å². The minimum absolute atomic E-state index is 0.665. The zero-order valence-electron chi connectivity index (χ0n) is 17.7. The van der Waals surface area contributed by atoms with Gasteiger partial charge in [0.05, 0.1) is 35.3 Å². The number of rotatable bonds is 6. The SMILES string of the molecule is COc1cc2nc(N3CCC(C(C)C)CC3)sc2cc1NCc1cccc(C)n1. The first-order valence-electron chi connectivity index (χ1n) is 10.4. The summed E-state index contributed by atoms with van der Waals surface area (Å²) in [5.41, 5.74) is 4.04. The number of benzene rings is 1. The number of hydrogen-bond donors (Lipinski definition) is 1. The van der Waals surface area contributed by atoms with Gasteiger partial charge in [-0.1, -0.05) is 31.3 Å². The maximum Gasteiger partial charge on any atom is 0.186 e. The molecule has 0 radical (unpaired) electrons. The maximum absolute atomic E-state index is 5.63. The number of ether oxygens (including phenoxy) is 1. The first-order valence-corrected chi connectivity index (χ1v) is 11.2. The summed E-state index contributed by atoms with van der Waals surface area (Å²) in [7, 11) is 1.71. The summed E-state index contributed by atoms with van der Waals surface area (Å²) in [5.74, 6) is 2.43. The molecule has 1 fully saturated rings. The minimum atomic E-state index is 0.665. The first kappa shape index (κ1) is 20.0. The van der Waals surface area contributed by atoms with E-state index in [0.29, 0.717) is 6.54 Å². The lowest BCUT2D eigenvalue weighted by Gasteiger charge is -2.33. The number of methoxy groups -OCH3 is 1. The summed E-state index contributed by atoms with van der Waals surface area (Å²) in [6, 6.07) is 10.3. The highest BCUT2D eigenvalue weighted by Gasteiger charge is 2.23. The number of aryl methyl sites for hydroxylation is 1. The molecule has 1 aliphatic rings. The van der Waals surface area contributed by atoms with Crippen molar-refractivity contribution in [3.05, 3.63) is 41.7 Å². The monoisotopic (exact) mass is 410 g/mol. The molecule has 29 heavy (non-hydrogen) atoms. The Hall–Kier alpha value is -2.34. The van der Waals surface area contributed by atoms with Crippen LogP contribution in [0.5, 0.6) is 5.75 Å². The summed E-state index contributed by atoms with van der Waals surface area (Å²) in [6.07, 6.45) is 2.51. The van der Waals surface area contributed by atoms with Gasteiger partial charge >= 0.3 is 0 Å². The molecule has 1 saturated heterocycles. The third kappa shape index (κ3) is 4.47. The number of nitrogens with zero attached hydrogens (tertiary/aromatic N) is 3. The van der Waals surface area contributed by atoms with E-state index in [2.05, 4.69) is 35.1 Å². The predicted molar refractivity (Wildman–Crippen MR) is 122 cm³/mol. The molecule has 1 aliphatic heterocycles. The standard InChI is InChI=1S/C23H30N4OS/c1-15(2)17-8-10-27(11-9-17)23-26-20-12-21(28-4)19(13-22(20)29-23)24-14-18-7-5-6-16(3)25-18/h5-7,12-13,15,17,24H,8-11,14H2,1-4H3. The Kier molecular flexibility index (Phi) is 5.90. The van der Waals surface area contributed by atoms with Crippen LogP contribution in [0.15, 0.2) is 30.3 Å². The van der Waals surface area contributed by atoms with Gasteiger partial charge in [-0.05, 0) is 49.8 Å². The number of anilines is 2. The molecular formula is C23H30N4OS. The fraction of sp³-hybridized carbons (Fsp3) is 0.478. The summed E-state index contributed by atoms with van der Waals surface area (Å²) in [4.78, 5) is 11.9. The molecule has 0 unspecified atom stereocenters. The van der Waals surface area contributed by atoms with E-state index in [1.807, 2.05) is 31.2 Å². The molecule has 0 atom stereocenters. The third-order valence-corrected chi connectivity index (χ3v) is 6.94. The van der Waals surface area contributed by atoms with Crippen LogP contribution >= 0.6 is 11.3 Å². The Morgan fingerprint density at radius 3 is 2.69 bits per heavy atom. The van der Waals surface area contributed by atoms with Crippen LogP contribution in [0.2, 0.25) is 0 Å². The molecule has 0 spiro atoms. The molecule has 6 heteroatoms. The molecule has 2 aromatic heterocycles. The molecule has 0 amide bonds. The Labute approximate surface area is 177 Å². The Morgan fingerprint density at radius 2 is 2.00 bits per heavy atom. The molecule has 3 aromatic rings. The molecule has 1 aromatic carbocycles. The van der Waals surface area contributed by atoms with E-state index in [0.717, 1.165) is 58.4 Å². The zero-order chi connectivity index (χ0) is 20.4. The molecule has 0 saturated carbocycles. The fourth-order valence-corrected chi connectivity index (χ4v) is 5.06. The van der Waals surface area contributed by atoms with Gasteiger partial charge in [0.1, 0.15) is 5.75 Å². The van der Waals surface area contributed by atoms with Crippen LogP contribution in [0.25, 0.3) is 10.2 Å². The smallest absolute Gasteiger partial charge is 0.186 e. The second-order valence-electron chi connectivity index (χ2n) is 8.21. The number of fused-ring (bicyclic) bond motifs is 1. The van der Waals surface area contributed by atoms with Crippen molar-refractivity contribution in [1.82, 2.24) is 9.97 Å². The molecule has 0 aliphatic carbocycles. The van der Waals surface area contributed by atoms with Crippen LogP contribution in [-0.2, 0) is 6.54 Å². The number of piperidine rings is 1. The molecule has 154 valence electrons. The maximum atomic E-state index is 5.63. The van der Waals surface area contributed by atoms with Crippen molar-refractivity contribution in [2.24, 2.45) is 11.8 Å². The van der Waals surface area contributed by atoms with Crippen molar-refractivity contribution < 1.29 is 4.74 Å². The van der Waals surface area contributed by atoms with Crippen LogP contribution in [0.4, 0.5) is 10.8 Å². The number of thiazole rings is 1. The van der Waals surface area contributed by atoms with E-state index in [9.17, 15) is 0 Å². The molecule has 4 rings (SSSR count). The quantitative estimate of drug-likeness (QED) is 0.582. The Balaban J connectivity index is 1.52. The van der Waals surface area contributed by atoms with Crippen molar-refractivity contribution in [2.45, 2.75) is 40.2 Å². The number of nitrogens with one attached hydrogen (secondary N) is 1. The van der Waals surface area contributed by atoms with Crippen molar-refractivity contribution in [2.75, 3.05) is 30.4 Å². The lowest BCUT2D eigenvalue weighted by Crippen LogP contribution is -2.35. The highest BCUT2D eigenvalue weighted by molar-refractivity contribution is 7.22. The highest BCUT2D eigenvalue weighted by Crippen LogP contribution is 2.37. The van der Waals surface area contributed by atoms with Gasteiger partial charge < -0.3 is 15.0 Å². The van der Waals surface area contributed by atoms with Crippen LogP contribution in [0, 0.1) is 18.8 Å². The second kappa shape index (κ2) is 8.57. The second-order valence-corrected chi connectivity index (χ2v) is 9.22.